The van der Waals surface area contributed by atoms with Crippen molar-refractivity contribution >= 4 is 10.5 Å². The van der Waals surface area contributed by atoms with Gasteiger partial charge in [-0.05, 0) is 6.92 Å². The van der Waals surface area contributed by atoms with E-state index in [1.54, 1.807) is 0 Å². The molecular weight excluding hydrogens is 114 g/mol. The summed E-state index contributed by atoms with van der Waals surface area (Å²) in [5.74, 6) is 0. The lowest BCUT2D eigenvalue weighted by Gasteiger charge is -1.69. The van der Waals surface area contributed by atoms with Crippen molar-refractivity contribution in [3.63, 3.8) is 0 Å². The lowest BCUT2D eigenvalue weighted by Crippen LogP contribution is -1.59. The Hall–Kier alpha value is -0.640. The SMILES string of the molecule is [CH2]C(=C)N=S(=O)=O. The molecule has 0 rings (SSSR count). The van der Waals surface area contributed by atoms with E-state index in [1.807, 2.05) is 0 Å². The van der Waals surface area contributed by atoms with E-state index >= 15 is 0 Å². The van der Waals surface area contributed by atoms with Crippen LogP contribution in [0, 0.1) is 6.92 Å². The maximum absolute atomic E-state index is 9.54. The Kier molecular flexibility index (Phi) is 2.29. The van der Waals surface area contributed by atoms with Crippen molar-refractivity contribution in [3.05, 3.63) is 19.2 Å². The van der Waals surface area contributed by atoms with Gasteiger partial charge in [0.1, 0.15) is 0 Å². The van der Waals surface area contributed by atoms with E-state index < -0.39 is 10.5 Å². The van der Waals surface area contributed by atoms with E-state index in [-0.39, 0.29) is 5.70 Å². The third-order valence-corrected chi connectivity index (χ3v) is 0.611. The number of rotatable bonds is 1. The highest BCUT2D eigenvalue weighted by atomic mass is 32.2. The zero-order valence-corrected chi connectivity index (χ0v) is 4.40. The summed E-state index contributed by atoms with van der Waals surface area (Å²) in [6.45, 7) is 6.25. The molecule has 0 aliphatic rings. The number of hydrogen-bond acceptors (Lipinski definition) is 3. The van der Waals surface area contributed by atoms with Crippen LogP contribution in [0.5, 0.6) is 0 Å². The molecule has 7 heavy (non-hydrogen) atoms. The zero-order valence-electron chi connectivity index (χ0n) is 3.59. The summed E-state index contributed by atoms with van der Waals surface area (Å²) >= 11 is 0. The predicted molar refractivity (Wildman–Crippen MR) is 25.8 cm³/mol. The molecule has 4 heteroatoms. The van der Waals surface area contributed by atoms with Crippen molar-refractivity contribution in [1.29, 1.82) is 0 Å². The van der Waals surface area contributed by atoms with Gasteiger partial charge in [0.05, 0.1) is 5.70 Å². The lowest BCUT2D eigenvalue weighted by atomic mass is 10.6. The summed E-state index contributed by atoms with van der Waals surface area (Å²) in [5.41, 5.74) is 0.0494. The molecule has 0 saturated carbocycles. The Morgan fingerprint density at radius 3 is 2.00 bits per heavy atom. The molecule has 0 aliphatic carbocycles. The monoisotopic (exact) mass is 118 g/mol. The first-order valence-corrected chi connectivity index (χ1v) is 2.48. The van der Waals surface area contributed by atoms with Gasteiger partial charge in [-0.2, -0.15) is 8.42 Å². The number of allylic oxidation sites excluding steroid dienone is 1. The highest BCUT2D eigenvalue weighted by Gasteiger charge is 1.71. The van der Waals surface area contributed by atoms with E-state index in [0.717, 1.165) is 0 Å². The average Bonchev–Trinajstić information content (AvgIpc) is 1.27. The summed E-state index contributed by atoms with van der Waals surface area (Å²) in [6.07, 6.45) is 0. The minimum atomic E-state index is -2.38. The molecule has 0 bridgehead atoms. The fourth-order valence-electron chi connectivity index (χ4n) is 0.105. The van der Waals surface area contributed by atoms with Gasteiger partial charge in [0.15, 0.2) is 0 Å². The van der Waals surface area contributed by atoms with Gasteiger partial charge in [-0.25, -0.2) is 0 Å². The van der Waals surface area contributed by atoms with Gasteiger partial charge >= 0.3 is 10.5 Å². The highest BCUT2D eigenvalue weighted by molar-refractivity contribution is 7.61. The van der Waals surface area contributed by atoms with Gasteiger partial charge in [-0.3, -0.25) is 0 Å². The maximum Gasteiger partial charge on any atom is 0.316 e. The van der Waals surface area contributed by atoms with Gasteiger partial charge in [0.2, 0.25) is 0 Å². The fourth-order valence-corrected chi connectivity index (χ4v) is 0.316. The third kappa shape index (κ3) is 5.36. The van der Waals surface area contributed by atoms with Crippen molar-refractivity contribution in [1.82, 2.24) is 0 Å². The van der Waals surface area contributed by atoms with Crippen molar-refractivity contribution < 1.29 is 8.42 Å². The Balaban J connectivity index is 4.26. The second kappa shape index (κ2) is 2.52. The number of hydrogen-bond donors (Lipinski definition) is 0. The van der Waals surface area contributed by atoms with Gasteiger partial charge in [-0.15, -0.1) is 4.36 Å². The van der Waals surface area contributed by atoms with Crippen LogP contribution in [-0.2, 0) is 10.5 Å². The molecular formula is C3H4NO2S. The minimum absolute atomic E-state index is 0.0494. The normalized spacial score (nSPS) is 7.57. The molecule has 0 heterocycles. The summed E-state index contributed by atoms with van der Waals surface area (Å²) in [6, 6.07) is 0. The highest BCUT2D eigenvalue weighted by Crippen LogP contribution is 1.82. The van der Waals surface area contributed by atoms with E-state index in [2.05, 4.69) is 17.9 Å². The molecule has 0 aromatic heterocycles. The first-order chi connectivity index (χ1) is 3.13. The van der Waals surface area contributed by atoms with Crippen LogP contribution in [0.3, 0.4) is 0 Å². The van der Waals surface area contributed by atoms with Crippen LogP contribution < -0.4 is 0 Å². The molecule has 39 valence electrons. The lowest BCUT2D eigenvalue weighted by molar-refractivity contribution is 0.622. The Morgan fingerprint density at radius 1 is 1.57 bits per heavy atom. The predicted octanol–water partition coefficient (Wildman–Crippen LogP) is 0.397. The topological polar surface area (TPSA) is 46.5 Å². The van der Waals surface area contributed by atoms with Crippen molar-refractivity contribution in [2.24, 2.45) is 4.36 Å². The van der Waals surface area contributed by atoms with Gasteiger partial charge < -0.3 is 0 Å². The summed E-state index contributed by atoms with van der Waals surface area (Å²) in [5, 5.41) is 0. The molecule has 3 nitrogen and oxygen atoms in total. The van der Waals surface area contributed by atoms with Crippen molar-refractivity contribution in [2.75, 3.05) is 0 Å². The summed E-state index contributed by atoms with van der Waals surface area (Å²) in [4.78, 5) is 0. The molecule has 0 amide bonds. The quantitative estimate of drug-likeness (QED) is 0.500. The Morgan fingerprint density at radius 2 is 2.00 bits per heavy atom. The van der Waals surface area contributed by atoms with E-state index in [4.69, 9.17) is 0 Å². The average molecular weight is 118 g/mol. The standard InChI is InChI=1S/C3H4NO2S/c1-3(2)4-7(5)6/h1-2H2. The molecule has 0 fully saturated rings. The first kappa shape index (κ1) is 6.36. The van der Waals surface area contributed by atoms with Crippen LogP contribution in [-0.4, -0.2) is 8.42 Å². The van der Waals surface area contributed by atoms with Crippen LogP contribution >= 0.6 is 0 Å². The van der Waals surface area contributed by atoms with E-state index in [9.17, 15) is 8.42 Å². The van der Waals surface area contributed by atoms with Crippen LogP contribution in [0.25, 0.3) is 0 Å². The fraction of sp³-hybridized carbons (Fsp3) is 0. The molecule has 0 spiro atoms. The summed E-state index contributed by atoms with van der Waals surface area (Å²) in [7, 11) is -2.38. The second-order valence-electron chi connectivity index (χ2n) is 0.875. The number of nitrogens with zero attached hydrogens (tertiary/aromatic N) is 1. The molecule has 0 N–H and O–H groups in total. The zero-order chi connectivity index (χ0) is 5.86. The van der Waals surface area contributed by atoms with E-state index in [1.165, 1.54) is 0 Å². The molecule has 1 radical (unpaired) electrons. The van der Waals surface area contributed by atoms with Crippen molar-refractivity contribution in [2.45, 2.75) is 0 Å². The molecule has 0 aliphatic heterocycles. The van der Waals surface area contributed by atoms with Gasteiger partial charge in [0, 0.05) is 0 Å². The molecule has 0 atom stereocenters. The third-order valence-electron chi connectivity index (χ3n) is 0.204. The van der Waals surface area contributed by atoms with Crippen LogP contribution in [0.15, 0.2) is 16.6 Å². The largest absolute Gasteiger partial charge is 0.316 e. The second-order valence-corrected chi connectivity index (χ2v) is 1.49. The Labute approximate surface area is 43.4 Å². The molecule has 0 unspecified atom stereocenters. The van der Waals surface area contributed by atoms with E-state index in [0.29, 0.717) is 0 Å². The Bertz CT molecular complexity index is 181. The molecule has 0 saturated heterocycles. The van der Waals surface area contributed by atoms with Crippen LogP contribution in [0.1, 0.15) is 0 Å². The van der Waals surface area contributed by atoms with Gasteiger partial charge in [0.25, 0.3) is 0 Å². The molecule has 0 aromatic rings. The smallest absolute Gasteiger partial charge is 0.163 e. The minimum Gasteiger partial charge on any atom is -0.163 e. The van der Waals surface area contributed by atoms with Crippen LogP contribution in [0.2, 0.25) is 0 Å². The van der Waals surface area contributed by atoms with Gasteiger partial charge in [-0.1, -0.05) is 6.58 Å². The summed E-state index contributed by atoms with van der Waals surface area (Å²) < 4.78 is 22.0. The molecule has 0 aromatic carbocycles. The first-order valence-electron chi connectivity index (χ1n) is 1.45. The van der Waals surface area contributed by atoms with Crippen LogP contribution in [0.4, 0.5) is 0 Å². The maximum atomic E-state index is 9.54. The van der Waals surface area contributed by atoms with Crippen molar-refractivity contribution in [3.8, 4) is 0 Å².